The van der Waals surface area contributed by atoms with Gasteiger partial charge in [-0.3, -0.25) is 0 Å². The Balaban J connectivity index is 1.63. The number of fused-ring (bicyclic) bond motifs is 1. The zero-order valence-corrected chi connectivity index (χ0v) is 14.4. The molecule has 1 aliphatic heterocycles. The van der Waals surface area contributed by atoms with E-state index in [0.717, 1.165) is 34.8 Å². The lowest BCUT2D eigenvalue weighted by molar-refractivity contribution is 0.00217. The lowest BCUT2D eigenvalue weighted by atomic mass is 9.76. The van der Waals surface area contributed by atoms with E-state index in [1.807, 2.05) is 25.3 Å². The first-order valence-electron chi connectivity index (χ1n) is 8.54. The van der Waals surface area contributed by atoms with Crippen molar-refractivity contribution < 1.29 is 4.74 Å². The number of anilines is 1. The van der Waals surface area contributed by atoms with Crippen molar-refractivity contribution in [3.05, 3.63) is 35.4 Å². The molecular formula is C19H23ClN2O. The van der Waals surface area contributed by atoms with Gasteiger partial charge >= 0.3 is 0 Å². The third-order valence-corrected chi connectivity index (χ3v) is 5.91. The van der Waals surface area contributed by atoms with Gasteiger partial charge in [-0.25, -0.2) is 4.98 Å². The molecule has 1 aromatic carbocycles. The Labute approximate surface area is 142 Å². The van der Waals surface area contributed by atoms with Crippen LogP contribution < -0.4 is 4.90 Å². The van der Waals surface area contributed by atoms with Crippen LogP contribution in [-0.2, 0) is 4.74 Å². The molecule has 1 saturated heterocycles. The normalized spacial score (nSPS) is 27.9. The van der Waals surface area contributed by atoms with Gasteiger partial charge in [-0.05, 0) is 56.0 Å². The Bertz CT molecular complexity index is 720. The van der Waals surface area contributed by atoms with Crippen LogP contribution in [0.1, 0.15) is 32.1 Å². The molecule has 4 heteroatoms. The van der Waals surface area contributed by atoms with Crippen molar-refractivity contribution in [2.24, 2.45) is 5.41 Å². The van der Waals surface area contributed by atoms with Crippen LogP contribution in [0.5, 0.6) is 0 Å². The Kier molecular flexibility index (Phi) is 3.94. The van der Waals surface area contributed by atoms with Crippen LogP contribution in [0.2, 0.25) is 5.02 Å². The van der Waals surface area contributed by atoms with E-state index in [1.54, 1.807) is 0 Å². The van der Waals surface area contributed by atoms with Crippen LogP contribution in [0.4, 0.5) is 5.82 Å². The summed E-state index contributed by atoms with van der Waals surface area (Å²) in [5.74, 6) is 1.08. The molecule has 2 aromatic rings. The van der Waals surface area contributed by atoms with Gasteiger partial charge in [0.15, 0.2) is 0 Å². The molecule has 1 aliphatic carbocycles. The fourth-order valence-electron chi connectivity index (χ4n) is 4.56. The molecule has 4 rings (SSSR count). The molecule has 2 atom stereocenters. The topological polar surface area (TPSA) is 25.4 Å². The number of nitrogens with zero attached hydrogens (tertiary/aromatic N) is 2. The van der Waals surface area contributed by atoms with Gasteiger partial charge in [-0.2, -0.15) is 0 Å². The van der Waals surface area contributed by atoms with Crippen LogP contribution in [0, 0.1) is 5.41 Å². The first-order valence-corrected chi connectivity index (χ1v) is 8.92. The van der Waals surface area contributed by atoms with E-state index >= 15 is 0 Å². The van der Waals surface area contributed by atoms with Gasteiger partial charge in [-0.1, -0.05) is 18.0 Å². The van der Waals surface area contributed by atoms with Crippen molar-refractivity contribution in [3.8, 4) is 0 Å². The molecule has 2 fully saturated rings. The van der Waals surface area contributed by atoms with Crippen molar-refractivity contribution in [2.45, 2.75) is 38.2 Å². The molecular weight excluding hydrogens is 308 g/mol. The Hall–Kier alpha value is -1.32. The van der Waals surface area contributed by atoms with Crippen LogP contribution in [0.25, 0.3) is 10.9 Å². The van der Waals surface area contributed by atoms with E-state index in [-0.39, 0.29) is 0 Å². The van der Waals surface area contributed by atoms with E-state index < -0.39 is 0 Å². The summed E-state index contributed by atoms with van der Waals surface area (Å²) in [6, 6.07) is 10.2. The summed E-state index contributed by atoms with van der Waals surface area (Å²) in [6.07, 6.45) is 6.69. The first-order chi connectivity index (χ1) is 11.2. The zero-order valence-electron chi connectivity index (χ0n) is 13.6. The average Bonchev–Trinajstić information content (AvgIpc) is 2.96. The lowest BCUT2D eigenvalue weighted by Gasteiger charge is -2.44. The number of hydrogen-bond donors (Lipinski definition) is 0. The second-order valence-electron chi connectivity index (χ2n) is 7.01. The maximum atomic E-state index is 6.07. The number of halogens is 1. The molecule has 23 heavy (non-hydrogen) atoms. The number of aromatic nitrogens is 1. The lowest BCUT2D eigenvalue weighted by Crippen LogP contribution is -2.48. The number of piperidine rings is 1. The highest BCUT2D eigenvalue weighted by Crippen LogP contribution is 2.47. The molecule has 1 spiro atoms. The number of methoxy groups -OCH3 is 1. The number of pyridine rings is 1. The maximum Gasteiger partial charge on any atom is 0.129 e. The Morgan fingerprint density at radius 3 is 2.96 bits per heavy atom. The molecule has 122 valence electrons. The zero-order chi connectivity index (χ0) is 15.9. The highest BCUT2D eigenvalue weighted by atomic mass is 35.5. The molecule has 2 aliphatic rings. The second kappa shape index (κ2) is 5.95. The largest absolute Gasteiger partial charge is 0.381 e. The van der Waals surface area contributed by atoms with E-state index in [9.17, 15) is 0 Å². The monoisotopic (exact) mass is 330 g/mol. The molecule has 2 heterocycles. The van der Waals surface area contributed by atoms with Crippen molar-refractivity contribution >= 4 is 28.3 Å². The highest BCUT2D eigenvalue weighted by molar-refractivity contribution is 6.31. The minimum atomic E-state index is 0.323. The van der Waals surface area contributed by atoms with E-state index in [0.29, 0.717) is 11.5 Å². The van der Waals surface area contributed by atoms with Gasteiger partial charge in [-0.15, -0.1) is 0 Å². The molecule has 0 amide bonds. The van der Waals surface area contributed by atoms with Crippen LogP contribution in [-0.4, -0.2) is 31.3 Å². The van der Waals surface area contributed by atoms with Gasteiger partial charge in [0.1, 0.15) is 5.82 Å². The third-order valence-electron chi connectivity index (χ3n) is 5.68. The molecule has 0 unspecified atom stereocenters. The van der Waals surface area contributed by atoms with Crippen molar-refractivity contribution in [2.75, 3.05) is 25.1 Å². The predicted molar refractivity (Wildman–Crippen MR) is 95.3 cm³/mol. The number of benzene rings is 1. The van der Waals surface area contributed by atoms with Crippen LogP contribution in [0.15, 0.2) is 30.3 Å². The van der Waals surface area contributed by atoms with E-state index in [4.69, 9.17) is 21.3 Å². The quantitative estimate of drug-likeness (QED) is 0.799. The molecule has 0 N–H and O–H groups in total. The summed E-state index contributed by atoms with van der Waals surface area (Å²) in [4.78, 5) is 7.33. The standard InChI is InChI=1S/C19H23ClN2O/c1-23-17-4-2-9-19(17)10-3-11-22(13-19)18-8-5-14-12-15(20)6-7-16(14)21-18/h5-8,12,17H,2-4,9-11,13H2,1H3/t17-,19-/m1/s1. The maximum absolute atomic E-state index is 6.07. The summed E-state index contributed by atoms with van der Waals surface area (Å²) >= 11 is 6.07. The van der Waals surface area contributed by atoms with Crippen LogP contribution >= 0.6 is 11.6 Å². The smallest absolute Gasteiger partial charge is 0.129 e. The summed E-state index contributed by atoms with van der Waals surface area (Å²) in [6.45, 7) is 2.15. The van der Waals surface area contributed by atoms with Gasteiger partial charge in [0.05, 0.1) is 11.6 Å². The fourth-order valence-corrected chi connectivity index (χ4v) is 4.74. The summed E-state index contributed by atoms with van der Waals surface area (Å²) in [5, 5.41) is 1.86. The number of rotatable bonds is 2. The summed E-state index contributed by atoms with van der Waals surface area (Å²) < 4.78 is 5.81. The summed E-state index contributed by atoms with van der Waals surface area (Å²) in [5.41, 5.74) is 1.34. The van der Waals surface area contributed by atoms with Gasteiger partial charge in [0, 0.05) is 36.0 Å². The van der Waals surface area contributed by atoms with Crippen molar-refractivity contribution in [3.63, 3.8) is 0 Å². The summed E-state index contributed by atoms with van der Waals surface area (Å²) in [7, 11) is 1.87. The van der Waals surface area contributed by atoms with E-state index in [2.05, 4.69) is 17.0 Å². The Morgan fingerprint density at radius 1 is 1.22 bits per heavy atom. The first kappa shape index (κ1) is 15.2. The van der Waals surface area contributed by atoms with Gasteiger partial charge in [0.25, 0.3) is 0 Å². The van der Waals surface area contributed by atoms with Crippen molar-refractivity contribution in [1.82, 2.24) is 4.98 Å². The molecule has 0 radical (unpaired) electrons. The third kappa shape index (κ3) is 2.70. The fraction of sp³-hybridized carbons (Fsp3) is 0.526. The highest BCUT2D eigenvalue weighted by Gasteiger charge is 2.46. The van der Waals surface area contributed by atoms with Gasteiger partial charge in [0.2, 0.25) is 0 Å². The van der Waals surface area contributed by atoms with Gasteiger partial charge < -0.3 is 9.64 Å². The minimum Gasteiger partial charge on any atom is -0.381 e. The number of ether oxygens (including phenoxy) is 1. The Morgan fingerprint density at radius 2 is 2.09 bits per heavy atom. The average molecular weight is 331 g/mol. The SMILES string of the molecule is CO[C@@H]1CCC[C@]12CCCN(c1ccc3cc(Cl)ccc3n1)C2. The second-order valence-corrected chi connectivity index (χ2v) is 7.45. The van der Waals surface area contributed by atoms with E-state index in [1.165, 1.54) is 32.1 Å². The van der Waals surface area contributed by atoms with Crippen LogP contribution in [0.3, 0.4) is 0 Å². The number of hydrogen-bond acceptors (Lipinski definition) is 3. The molecule has 1 aromatic heterocycles. The minimum absolute atomic E-state index is 0.323. The molecule has 3 nitrogen and oxygen atoms in total. The van der Waals surface area contributed by atoms with Crippen molar-refractivity contribution in [1.29, 1.82) is 0 Å². The molecule has 1 saturated carbocycles. The predicted octanol–water partition coefficient (Wildman–Crippen LogP) is 4.67. The molecule has 0 bridgehead atoms.